The van der Waals surface area contributed by atoms with Crippen LogP contribution in [-0.2, 0) is 29.5 Å². The second-order valence-electron chi connectivity index (χ2n) is 7.65. The van der Waals surface area contributed by atoms with E-state index < -0.39 is 0 Å². The highest BCUT2D eigenvalue weighted by Crippen LogP contribution is 2.32. The number of hydrogen-bond donors (Lipinski definition) is 0. The standard InChI is InChI=1S/C20H26N4O3/c1-22-12-16(11-21-22)10-17-18(27-14-15-5-6-15)7-9-24(17)20(26)13-23-8-3-2-4-19(23)25/h2-4,8,11-12,15,17-18H,5-7,9-10,13-14H2,1H3/t17-,18+/m0/s1. The van der Waals surface area contributed by atoms with Crippen LogP contribution in [0.5, 0.6) is 0 Å². The Bertz CT molecular complexity index is 855. The van der Waals surface area contributed by atoms with Crippen molar-refractivity contribution >= 4 is 5.91 Å². The van der Waals surface area contributed by atoms with E-state index in [9.17, 15) is 9.59 Å². The minimum atomic E-state index is -0.157. The first-order valence-electron chi connectivity index (χ1n) is 9.64. The summed E-state index contributed by atoms with van der Waals surface area (Å²) in [7, 11) is 1.89. The summed E-state index contributed by atoms with van der Waals surface area (Å²) in [6.07, 6.45) is 9.60. The molecule has 1 saturated carbocycles. The Morgan fingerprint density at radius 3 is 2.85 bits per heavy atom. The molecule has 0 aromatic carbocycles. The summed E-state index contributed by atoms with van der Waals surface area (Å²) in [6.45, 7) is 1.52. The van der Waals surface area contributed by atoms with Gasteiger partial charge in [-0.3, -0.25) is 14.3 Å². The Hall–Kier alpha value is -2.41. The number of aryl methyl sites for hydroxylation is 1. The molecule has 0 bridgehead atoms. The van der Waals surface area contributed by atoms with Crippen LogP contribution < -0.4 is 5.56 Å². The topological polar surface area (TPSA) is 69.4 Å². The second kappa shape index (κ2) is 7.68. The average molecular weight is 370 g/mol. The van der Waals surface area contributed by atoms with Gasteiger partial charge in [0.15, 0.2) is 0 Å². The van der Waals surface area contributed by atoms with E-state index in [1.54, 1.807) is 23.0 Å². The average Bonchev–Trinajstić information content (AvgIpc) is 3.26. The van der Waals surface area contributed by atoms with Crippen LogP contribution in [0.1, 0.15) is 24.8 Å². The van der Waals surface area contributed by atoms with Crippen molar-refractivity contribution < 1.29 is 9.53 Å². The monoisotopic (exact) mass is 370 g/mol. The smallest absolute Gasteiger partial charge is 0.250 e. The van der Waals surface area contributed by atoms with Gasteiger partial charge in [-0.15, -0.1) is 0 Å². The number of pyridine rings is 1. The summed E-state index contributed by atoms with van der Waals surface area (Å²) in [5.41, 5.74) is 0.939. The molecule has 2 aromatic rings. The molecule has 4 rings (SSSR count). The quantitative estimate of drug-likeness (QED) is 0.735. The molecule has 0 unspecified atom stereocenters. The maximum absolute atomic E-state index is 13.0. The zero-order valence-corrected chi connectivity index (χ0v) is 15.7. The number of carbonyl (C=O) groups is 1. The van der Waals surface area contributed by atoms with Crippen molar-refractivity contribution in [1.82, 2.24) is 19.2 Å². The minimum absolute atomic E-state index is 0.0140. The summed E-state index contributed by atoms with van der Waals surface area (Å²) in [4.78, 5) is 26.8. The van der Waals surface area contributed by atoms with Crippen LogP contribution >= 0.6 is 0 Å². The molecule has 2 aliphatic rings. The fourth-order valence-electron chi connectivity index (χ4n) is 3.76. The molecule has 27 heavy (non-hydrogen) atoms. The summed E-state index contributed by atoms with van der Waals surface area (Å²) < 4.78 is 9.42. The van der Waals surface area contributed by atoms with Crippen molar-refractivity contribution in [2.45, 2.75) is 44.4 Å². The molecular formula is C20H26N4O3. The van der Waals surface area contributed by atoms with Crippen LogP contribution in [-0.4, -0.2) is 50.5 Å². The lowest BCUT2D eigenvalue weighted by atomic mass is 10.0. The maximum Gasteiger partial charge on any atom is 0.250 e. The Kier molecular flexibility index (Phi) is 5.11. The zero-order chi connectivity index (χ0) is 18.8. The van der Waals surface area contributed by atoms with Gasteiger partial charge >= 0.3 is 0 Å². The first kappa shape index (κ1) is 18.0. The van der Waals surface area contributed by atoms with E-state index in [0.29, 0.717) is 12.5 Å². The second-order valence-corrected chi connectivity index (χ2v) is 7.65. The van der Waals surface area contributed by atoms with Crippen LogP contribution in [0.3, 0.4) is 0 Å². The third kappa shape index (κ3) is 4.30. The number of aromatic nitrogens is 3. The van der Waals surface area contributed by atoms with Crippen LogP contribution in [0, 0.1) is 5.92 Å². The maximum atomic E-state index is 13.0. The van der Waals surface area contributed by atoms with Gasteiger partial charge in [-0.1, -0.05) is 6.07 Å². The molecule has 144 valence electrons. The fraction of sp³-hybridized carbons (Fsp3) is 0.550. The Morgan fingerprint density at radius 2 is 2.15 bits per heavy atom. The molecule has 3 heterocycles. The van der Waals surface area contributed by atoms with E-state index >= 15 is 0 Å². The van der Waals surface area contributed by atoms with Crippen molar-refractivity contribution in [3.63, 3.8) is 0 Å². The van der Waals surface area contributed by atoms with Crippen molar-refractivity contribution in [2.75, 3.05) is 13.2 Å². The molecule has 1 aliphatic carbocycles. The van der Waals surface area contributed by atoms with Gasteiger partial charge < -0.3 is 14.2 Å². The van der Waals surface area contributed by atoms with Crippen molar-refractivity contribution in [3.8, 4) is 0 Å². The zero-order valence-electron chi connectivity index (χ0n) is 15.7. The highest BCUT2D eigenvalue weighted by molar-refractivity contribution is 5.76. The highest BCUT2D eigenvalue weighted by Gasteiger charge is 2.38. The van der Waals surface area contributed by atoms with E-state index in [1.165, 1.54) is 23.5 Å². The third-order valence-corrected chi connectivity index (χ3v) is 5.46. The van der Waals surface area contributed by atoms with Gasteiger partial charge in [-0.25, -0.2) is 0 Å². The number of amides is 1. The van der Waals surface area contributed by atoms with E-state index in [2.05, 4.69) is 5.10 Å². The number of carbonyl (C=O) groups excluding carboxylic acids is 1. The first-order chi connectivity index (χ1) is 13.1. The Labute approximate surface area is 158 Å². The molecule has 1 amide bonds. The fourth-order valence-corrected chi connectivity index (χ4v) is 3.76. The van der Waals surface area contributed by atoms with Crippen LogP contribution in [0.25, 0.3) is 0 Å². The molecule has 0 N–H and O–H groups in total. The largest absolute Gasteiger partial charge is 0.376 e. The lowest BCUT2D eigenvalue weighted by molar-refractivity contribution is -0.134. The van der Waals surface area contributed by atoms with Crippen molar-refractivity contribution in [2.24, 2.45) is 13.0 Å². The third-order valence-electron chi connectivity index (χ3n) is 5.46. The molecule has 2 fully saturated rings. The van der Waals surface area contributed by atoms with E-state index in [-0.39, 0.29) is 30.2 Å². The van der Waals surface area contributed by atoms with Crippen LogP contribution in [0.2, 0.25) is 0 Å². The van der Waals surface area contributed by atoms with Gasteiger partial charge in [0, 0.05) is 38.7 Å². The van der Waals surface area contributed by atoms with Gasteiger partial charge in [-0.05, 0) is 43.2 Å². The van der Waals surface area contributed by atoms with Gasteiger partial charge in [0.05, 0.1) is 18.3 Å². The number of likely N-dealkylation sites (tertiary alicyclic amines) is 1. The lowest BCUT2D eigenvalue weighted by Crippen LogP contribution is -2.44. The van der Waals surface area contributed by atoms with E-state index in [0.717, 1.165) is 25.0 Å². The highest BCUT2D eigenvalue weighted by atomic mass is 16.5. The first-order valence-corrected chi connectivity index (χ1v) is 9.64. The molecule has 0 radical (unpaired) electrons. The summed E-state index contributed by atoms with van der Waals surface area (Å²) in [5, 5.41) is 4.24. The molecule has 2 atom stereocenters. The molecular weight excluding hydrogens is 344 g/mol. The SMILES string of the molecule is Cn1cc(C[C@H]2[C@H](OCC3CC3)CCN2C(=O)Cn2ccccc2=O)cn1. The minimum Gasteiger partial charge on any atom is -0.376 e. The predicted octanol–water partition coefficient (Wildman–Crippen LogP) is 1.22. The van der Waals surface area contributed by atoms with Gasteiger partial charge in [0.1, 0.15) is 6.54 Å². The number of rotatable bonds is 7. The summed E-state index contributed by atoms with van der Waals surface area (Å²) in [6, 6.07) is 4.92. The molecule has 2 aromatic heterocycles. The van der Waals surface area contributed by atoms with E-state index in [1.807, 2.05) is 24.3 Å². The number of hydrogen-bond acceptors (Lipinski definition) is 4. The Balaban J connectivity index is 1.48. The summed E-state index contributed by atoms with van der Waals surface area (Å²) in [5.74, 6) is 0.659. The normalized spacial score (nSPS) is 22.3. The lowest BCUT2D eigenvalue weighted by Gasteiger charge is -2.28. The number of ether oxygens (including phenoxy) is 1. The van der Waals surface area contributed by atoms with Crippen molar-refractivity contribution in [1.29, 1.82) is 0 Å². The van der Waals surface area contributed by atoms with Gasteiger partial charge in [0.25, 0.3) is 5.56 Å². The molecule has 1 aliphatic heterocycles. The molecule has 1 saturated heterocycles. The Morgan fingerprint density at radius 1 is 1.30 bits per heavy atom. The van der Waals surface area contributed by atoms with Crippen LogP contribution in [0.4, 0.5) is 0 Å². The van der Waals surface area contributed by atoms with Gasteiger partial charge in [-0.2, -0.15) is 5.10 Å². The van der Waals surface area contributed by atoms with Crippen LogP contribution in [0.15, 0.2) is 41.6 Å². The number of nitrogens with zero attached hydrogens (tertiary/aromatic N) is 4. The van der Waals surface area contributed by atoms with E-state index in [4.69, 9.17) is 4.74 Å². The molecule has 7 nitrogen and oxygen atoms in total. The molecule has 0 spiro atoms. The predicted molar refractivity (Wildman–Crippen MR) is 100 cm³/mol. The molecule has 7 heteroatoms. The van der Waals surface area contributed by atoms with Gasteiger partial charge in [0.2, 0.25) is 5.91 Å². The van der Waals surface area contributed by atoms with Crippen molar-refractivity contribution in [3.05, 3.63) is 52.7 Å². The summed E-state index contributed by atoms with van der Waals surface area (Å²) >= 11 is 0.